The van der Waals surface area contributed by atoms with E-state index in [4.69, 9.17) is 11.6 Å². The van der Waals surface area contributed by atoms with Crippen molar-refractivity contribution in [1.82, 2.24) is 9.97 Å². The maximum Gasteiger partial charge on any atom is 0.416 e. The van der Waals surface area contributed by atoms with Crippen molar-refractivity contribution in [2.75, 3.05) is 17.2 Å². The van der Waals surface area contributed by atoms with Crippen LogP contribution in [0.15, 0.2) is 24.5 Å². The predicted molar refractivity (Wildman–Crippen MR) is 147 cm³/mol. The zero-order chi connectivity index (χ0) is 27.8. The minimum absolute atomic E-state index is 0.00490. The van der Waals surface area contributed by atoms with Gasteiger partial charge in [-0.2, -0.15) is 13.2 Å². The summed E-state index contributed by atoms with van der Waals surface area (Å²) in [5.74, 6) is -0.236. The van der Waals surface area contributed by atoms with Gasteiger partial charge >= 0.3 is 11.9 Å². The minimum Gasteiger partial charge on any atom is -0.364 e. The number of alkyl halides is 3. The van der Waals surface area contributed by atoms with Gasteiger partial charge in [0.25, 0.3) is 0 Å². The van der Waals surface area contributed by atoms with E-state index >= 15 is 0 Å². The summed E-state index contributed by atoms with van der Waals surface area (Å²) in [6.45, 7) is 2.72. The van der Waals surface area contributed by atoms with Crippen LogP contribution in [0.25, 0.3) is 0 Å². The molecule has 2 N–H and O–H groups in total. The highest BCUT2D eigenvalue weighted by atomic mass is 35.5. The van der Waals surface area contributed by atoms with Crippen molar-refractivity contribution < 1.29 is 18.1 Å². The molecule has 0 spiro atoms. The van der Waals surface area contributed by atoms with Gasteiger partial charge in [-0.15, -0.1) is 0 Å². The van der Waals surface area contributed by atoms with Gasteiger partial charge in [0.05, 0.1) is 21.2 Å². The van der Waals surface area contributed by atoms with Gasteiger partial charge in [0.2, 0.25) is 11.6 Å². The first-order valence-corrected chi connectivity index (χ1v) is 14.0. The van der Waals surface area contributed by atoms with Crippen molar-refractivity contribution in [2.45, 2.75) is 103 Å². The molecule has 11 heteroatoms. The lowest BCUT2D eigenvalue weighted by atomic mass is 10.0. The molecule has 2 aromatic rings. The summed E-state index contributed by atoms with van der Waals surface area (Å²) in [5.41, 5.74) is -1.52. The second kappa shape index (κ2) is 17.1. The number of nitrogens with zero attached hydrogens (tertiary/aromatic N) is 3. The molecule has 212 valence electrons. The summed E-state index contributed by atoms with van der Waals surface area (Å²) in [6.07, 6.45) is 13.8. The number of rotatable bonds is 19. The van der Waals surface area contributed by atoms with Crippen molar-refractivity contribution in [2.24, 2.45) is 0 Å². The molecule has 1 aromatic heterocycles. The van der Waals surface area contributed by atoms with Crippen molar-refractivity contribution in [3.8, 4) is 0 Å². The van der Waals surface area contributed by atoms with Gasteiger partial charge in [-0.05, 0) is 24.6 Å². The topological polar surface area (TPSA) is 93.0 Å². The van der Waals surface area contributed by atoms with Crippen molar-refractivity contribution in [3.05, 3.63) is 45.2 Å². The summed E-state index contributed by atoms with van der Waals surface area (Å²) in [7, 11) is 0. The first kappa shape index (κ1) is 31.6. The Kier molecular flexibility index (Phi) is 14.2. The van der Waals surface area contributed by atoms with Crippen LogP contribution in [0.4, 0.5) is 36.2 Å². The molecule has 7 nitrogen and oxygen atoms in total. The number of nitro groups is 1. The van der Waals surface area contributed by atoms with Crippen LogP contribution >= 0.6 is 11.6 Å². The van der Waals surface area contributed by atoms with Crippen molar-refractivity contribution in [3.63, 3.8) is 0 Å². The zero-order valence-electron chi connectivity index (χ0n) is 22.1. The lowest BCUT2D eigenvalue weighted by Gasteiger charge is -2.13. The van der Waals surface area contributed by atoms with Crippen molar-refractivity contribution >= 4 is 34.6 Å². The second-order valence-corrected chi connectivity index (χ2v) is 9.92. The summed E-state index contributed by atoms with van der Waals surface area (Å²) in [5, 5.41) is 17.2. The molecule has 38 heavy (non-hydrogen) atoms. The number of hydrogen-bond acceptors (Lipinski definition) is 6. The summed E-state index contributed by atoms with van der Waals surface area (Å²) >= 11 is 6.02. The molecule has 1 heterocycles. The smallest absolute Gasteiger partial charge is 0.364 e. The quantitative estimate of drug-likeness (QED) is 0.101. The van der Waals surface area contributed by atoms with E-state index in [9.17, 15) is 23.3 Å². The van der Waals surface area contributed by atoms with E-state index in [2.05, 4.69) is 27.5 Å². The monoisotopic (exact) mass is 557 g/mol. The Bertz CT molecular complexity index is 992. The maximum atomic E-state index is 13.1. The standard InChI is InChI=1S/C27H39ClF3N5O2/c1-2-3-4-5-6-7-8-9-10-11-12-13-14-15-18-32-25-24(36(37)38)26(34-20-33-25)35-23-19-21(27(29,30)31)16-17-22(23)28/h16-17,19-20H,2-15,18H2,1H3,(H2,32,33,34,35). The fraction of sp³-hybridized carbons (Fsp3) is 0.630. The van der Waals surface area contributed by atoms with E-state index in [0.717, 1.165) is 43.8 Å². The molecule has 0 fully saturated rings. The predicted octanol–water partition coefficient (Wildman–Crippen LogP) is 9.69. The number of anilines is 3. The molecular weight excluding hydrogens is 519 g/mol. The van der Waals surface area contributed by atoms with Crippen LogP contribution in [0, 0.1) is 10.1 Å². The number of aromatic nitrogens is 2. The maximum absolute atomic E-state index is 13.1. The molecule has 0 aliphatic heterocycles. The van der Waals surface area contributed by atoms with Crippen LogP contribution < -0.4 is 10.6 Å². The lowest BCUT2D eigenvalue weighted by molar-refractivity contribution is -0.383. The molecule has 0 aliphatic rings. The first-order chi connectivity index (χ1) is 18.2. The van der Waals surface area contributed by atoms with E-state index in [1.54, 1.807) is 0 Å². The lowest BCUT2D eigenvalue weighted by Crippen LogP contribution is -2.10. The average Bonchev–Trinajstić information content (AvgIpc) is 2.87. The molecule has 0 amide bonds. The van der Waals surface area contributed by atoms with Crippen LogP contribution in [-0.2, 0) is 6.18 Å². The Morgan fingerprint density at radius 3 is 1.92 bits per heavy atom. The van der Waals surface area contributed by atoms with Gasteiger partial charge in [0.1, 0.15) is 6.33 Å². The van der Waals surface area contributed by atoms with Gasteiger partial charge < -0.3 is 10.6 Å². The fourth-order valence-corrected chi connectivity index (χ4v) is 4.39. The Hall–Kier alpha value is -2.62. The van der Waals surface area contributed by atoms with E-state index in [0.29, 0.717) is 6.54 Å². The van der Waals surface area contributed by atoms with Gasteiger partial charge in [-0.25, -0.2) is 9.97 Å². The Balaban J connectivity index is 1.75. The summed E-state index contributed by atoms with van der Waals surface area (Å²) < 4.78 is 39.2. The normalized spacial score (nSPS) is 11.5. The number of nitrogens with one attached hydrogen (secondary N) is 2. The Morgan fingerprint density at radius 2 is 1.39 bits per heavy atom. The molecule has 1 aromatic carbocycles. The molecular formula is C27H39ClF3N5O2. The van der Waals surface area contributed by atoms with E-state index in [-0.39, 0.29) is 22.3 Å². The van der Waals surface area contributed by atoms with Gasteiger partial charge in [0.15, 0.2) is 0 Å². The third-order valence-electron chi connectivity index (χ3n) is 6.37. The number of unbranched alkanes of at least 4 members (excludes halogenated alkanes) is 13. The molecule has 0 saturated carbocycles. The molecule has 2 rings (SSSR count). The number of halogens is 4. The Labute approximate surface area is 228 Å². The molecule has 0 atom stereocenters. The van der Waals surface area contributed by atoms with E-state index < -0.39 is 22.4 Å². The van der Waals surface area contributed by atoms with Gasteiger partial charge in [-0.1, -0.05) is 102 Å². The highest BCUT2D eigenvalue weighted by Crippen LogP contribution is 2.37. The fourth-order valence-electron chi connectivity index (χ4n) is 4.22. The van der Waals surface area contributed by atoms with Crippen LogP contribution in [0.5, 0.6) is 0 Å². The summed E-state index contributed by atoms with van der Waals surface area (Å²) in [4.78, 5) is 18.9. The van der Waals surface area contributed by atoms with Crippen LogP contribution in [0.2, 0.25) is 5.02 Å². The molecule has 0 aliphatic carbocycles. The van der Waals surface area contributed by atoms with Gasteiger partial charge in [-0.3, -0.25) is 10.1 Å². The minimum atomic E-state index is -4.58. The van der Waals surface area contributed by atoms with Crippen LogP contribution in [0.3, 0.4) is 0 Å². The molecule has 0 bridgehead atoms. The second-order valence-electron chi connectivity index (χ2n) is 9.52. The van der Waals surface area contributed by atoms with Crippen LogP contribution in [0.1, 0.15) is 102 Å². The third kappa shape index (κ3) is 11.4. The summed E-state index contributed by atoms with van der Waals surface area (Å²) in [6, 6.07) is 2.70. The average molecular weight is 558 g/mol. The highest BCUT2D eigenvalue weighted by molar-refractivity contribution is 6.33. The van der Waals surface area contributed by atoms with Crippen LogP contribution in [-0.4, -0.2) is 21.4 Å². The van der Waals surface area contributed by atoms with Gasteiger partial charge in [0, 0.05) is 6.54 Å². The SMILES string of the molecule is CCCCCCCCCCCCCCCCNc1ncnc(Nc2cc(C(F)(F)F)ccc2Cl)c1[N+](=O)[O-]. The molecule has 0 saturated heterocycles. The molecule has 0 radical (unpaired) electrons. The number of benzene rings is 1. The zero-order valence-corrected chi connectivity index (χ0v) is 22.8. The largest absolute Gasteiger partial charge is 0.416 e. The molecule has 0 unspecified atom stereocenters. The van der Waals surface area contributed by atoms with Crippen molar-refractivity contribution in [1.29, 1.82) is 0 Å². The Morgan fingerprint density at radius 1 is 0.868 bits per heavy atom. The highest BCUT2D eigenvalue weighted by Gasteiger charge is 2.31. The third-order valence-corrected chi connectivity index (χ3v) is 6.70. The van der Waals surface area contributed by atoms with E-state index in [1.165, 1.54) is 70.6 Å². The number of hydrogen-bond donors (Lipinski definition) is 2. The van der Waals surface area contributed by atoms with E-state index in [1.807, 2.05) is 0 Å². The first-order valence-electron chi connectivity index (χ1n) is 13.6.